The highest BCUT2D eigenvalue weighted by molar-refractivity contribution is 6.36. The summed E-state index contributed by atoms with van der Waals surface area (Å²) in [5.41, 5.74) is 5.59. The number of benzene rings is 1. The fraction of sp³-hybridized carbons (Fsp3) is 0.154. The molecule has 2 aliphatic rings. The molecule has 0 saturated heterocycles. The summed E-state index contributed by atoms with van der Waals surface area (Å²) in [6.07, 6.45) is 0. The van der Waals surface area contributed by atoms with Gasteiger partial charge < -0.3 is 20.5 Å². The van der Waals surface area contributed by atoms with Gasteiger partial charge in [-0.05, 0) is 6.07 Å². The van der Waals surface area contributed by atoms with Crippen molar-refractivity contribution < 1.29 is 19.1 Å². The van der Waals surface area contributed by atoms with Gasteiger partial charge in [-0.3, -0.25) is 9.59 Å². The number of ether oxygens (including phenoxy) is 2. The number of nitriles is 1. The molecule has 7 nitrogen and oxygen atoms in total. The summed E-state index contributed by atoms with van der Waals surface area (Å²) in [5, 5.41) is 11.6. The van der Waals surface area contributed by atoms with E-state index in [4.69, 9.17) is 20.5 Å². The monoisotopic (exact) mass is 271 g/mol. The van der Waals surface area contributed by atoms with Crippen molar-refractivity contribution in [1.82, 2.24) is 0 Å². The number of nitrogens with two attached hydrogens (primary N) is 1. The Balaban J connectivity index is 2.23. The molecule has 2 heterocycles. The molecule has 3 N–H and O–H groups in total. The molecule has 0 atom stereocenters. The number of hydrogen-bond donors (Lipinski definition) is 2. The number of fused-ring (bicyclic) bond motifs is 2. The van der Waals surface area contributed by atoms with E-state index in [0.717, 1.165) is 0 Å². The first-order chi connectivity index (χ1) is 9.61. The van der Waals surface area contributed by atoms with Crippen LogP contribution in [0.4, 0.5) is 5.69 Å². The zero-order valence-corrected chi connectivity index (χ0v) is 10.2. The molecule has 0 fully saturated rings. The Bertz CT molecular complexity index is 715. The van der Waals surface area contributed by atoms with Crippen LogP contribution in [0.5, 0.6) is 11.5 Å². The van der Waals surface area contributed by atoms with Gasteiger partial charge in [-0.1, -0.05) is 0 Å². The van der Waals surface area contributed by atoms with Gasteiger partial charge in [0.05, 0.1) is 11.3 Å². The highest BCUT2D eigenvalue weighted by Gasteiger charge is 2.32. The normalized spacial score (nSPS) is 17.9. The molecule has 0 bridgehead atoms. The summed E-state index contributed by atoms with van der Waals surface area (Å²) in [4.78, 5) is 23.2. The summed E-state index contributed by atoms with van der Waals surface area (Å²) < 4.78 is 10.8. The minimum atomic E-state index is -0.944. The molecule has 0 aliphatic carbocycles. The van der Waals surface area contributed by atoms with Crippen LogP contribution in [0.3, 0.4) is 0 Å². The van der Waals surface area contributed by atoms with Gasteiger partial charge in [0.1, 0.15) is 24.9 Å². The van der Waals surface area contributed by atoms with Crippen LogP contribution in [0.15, 0.2) is 17.7 Å². The maximum Gasteiger partial charge on any atom is 0.260 e. The number of rotatable bonds is 1. The third-order valence-electron chi connectivity index (χ3n) is 3.04. The Kier molecular flexibility index (Phi) is 2.57. The van der Waals surface area contributed by atoms with Gasteiger partial charge in [0.2, 0.25) is 0 Å². The molecular formula is C13H9N3O4. The minimum Gasteiger partial charge on any atom is -0.486 e. The van der Waals surface area contributed by atoms with E-state index in [0.29, 0.717) is 36.0 Å². The minimum absolute atomic E-state index is 0.0352. The zero-order chi connectivity index (χ0) is 14.3. The van der Waals surface area contributed by atoms with Crippen molar-refractivity contribution in [2.45, 2.75) is 0 Å². The molecule has 2 amide bonds. The number of anilines is 1. The van der Waals surface area contributed by atoms with E-state index in [1.54, 1.807) is 18.2 Å². The van der Waals surface area contributed by atoms with Gasteiger partial charge in [-0.15, -0.1) is 0 Å². The van der Waals surface area contributed by atoms with Crippen LogP contribution in [0.2, 0.25) is 0 Å². The second kappa shape index (κ2) is 4.28. The van der Waals surface area contributed by atoms with Gasteiger partial charge >= 0.3 is 0 Å². The van der Waals surface area contributed by atoms with Crippen LogP contribution in [0, 0.1) is 11.3 Å². The van der Waals surface area contributed by atoms with Crippen molar-refractivity contribution in [2.75, 3.05) is 18.5 Å². The number of hydrogen-bond acceptors (Lipinski definition) is 5. The van der Waals surface area contributed by atoms with Crippen molar-refractivity contribution >= 4 is 23.1 Å². The fourth-order valence-corrected chi connectivity index (χ4v) is 2.19. The van der Waals surface area contributed by atoms with Crippen LogP contribution in [-0.2, 0) is 9.59 Å². The molecule has 0 aromatic heterocycles. The van der Waals surface area contributed by atoms with E-state index in [9.17, 15) is 9.59 Å². The van der Waals surface area contributed by atoms with Gasteiger partial charge in [-0.2, -0.15) is 5.26 Å². The van der Waals surface area contributed by atoms with Crippen molar-refractivity contribution in [2.24, 2.45) is 5.73 Å². The van der Waals surface area contributed by atoms with Crippen LogP contribution >= 0.6 is 0 Å². The van der Waals surface area contributed by atoms with Crippen molar-refractivity contribution in [3.63, 3.8) is 0 Å². The number of nitrogens with zero attached hydrogens (tertiary/aromatic N) is 1. The lowest BCUT2D eigenvalue weighted by atomic mass is 10.0. The number of carbonyl (C=O) groups is 2. The van der Waals surface area contributed by atoms with Crippen LogP contribution in [0.25, 0.3) is 5.57 Å². The summed E-state index contributed by atoms with van der Waals surface area (Å²) in [6, 6.07) is 4.84. The highest BCUT2D eigenvalue weighted by atomic mass is 16.6. The molecule has 0 unspecified atom stereocenters. The molecule has 0 saturated carbocycles. The second-order valence-corrected chi connectivity index (χ2v) is 4.22. The molecule has 3 rings (SSSR count). The summed E-state index contributed by atoms with van der Waals surface area (Å²) >= 11 is 0. The van der Waals surface area contributed by atoms with Gasteiger partial charge in [0.25, 0.3) is 11.8 Å². The first kappa shape index (κ1) is 12.0. The Morgan fingerprint density at radius 3 is 2.55 bits per heavy atom. The third-order valence-corrected chi connectivity index (χ3v) is 3.04. The van der Waals surface area contributed by atoms with E-state index >= 15 is 0 Å². The van der Waals surface area contributed by atoms with Gasteiger partial charge in [-0.25, -0.2) is 0 Å². The van der Waals surface area contributed by atoms with Gasteiger partial charge in [0, 0.05) is 11.6 Å². The fourth-order valence-electron chi connectivity index (χ4n) is 2.19. The Morgan fingerprint density at radius 1 is 1.30 bits per heavy atom. The van der Waals surface area contributed by atoms with Crippen LogP contribution in [0.1, 0.15) is 5.56 Å². The lowest BCUT2D eigenvalue weighted by molar-refractivity contribution is -0.115. The van der Waals surface area contributed by atoms with Crippen molar-refractivity contribution in [1.29, 1.82) is 5.26 Å². The van der Waals surface area contributed by atoms with Crippen LogP contribution in [-0.4, -0.2) is 25.0 Å². The smallest absolute Gasteiger partial charge is 0.260 e. The average Bonchev–Trinajstić information content (AvgIpc) is 2.73. The predicted molar refractivity (Wildman–Crippen MR) is 67.8 cm³/mol. The lowest BCUT2D eigenvalue weighted by Crippen LogP contribution is -2.17. The molecule has 1 aromatic rings. The quantitative estimate of drug-likeness (QED) is 0.558. The summed E-state index contributed by atoms with van der Waals surface area (Å²) in [6.45, 7) is 0.820. The molecule has 2 aliphatic heterocycles. The second-order valence-electron chi connectivity index (χ2n) is 4.22. The highest BCUT2D eigenvalue weighted by Crippen LogP contribution is 2.42. The number of nitrogens with one attached hydrogen (secondary N) is 1. The number of primary amides is 1. The van der Waals surface area contributed by atoms with E-state index in [-0.39, 0.29) is 11.1 Å². The Morgan fingerprint density at radius 2 is 1.95 bits per heavy atom. The molecular weight excluding hydrogens is 262 g/mol. The molecule has 7 heteroatoms. The van der Waals surface area contributed by atoms with Gasteiger partial charge in [0.15, 0.2) is 11.5 Å². The van der Waals surface area contributed by atoms with E-state index in [1.165, 1.54) is 0 Å². The van der Waals surface area contributed by atoms with E-state index in [1.807, 2.05) is 0 Å². The van der Waals surface area contributed by atoms with E-state index < -0.39 is 11.8 Å². The third kappa shape index (κ3) is 1.66. The molecule has 0 radical (unpaired) electrons. The maximum absolute atomic E-state index is 11.9. The van der Waals surface area contributed by atoms with Crippen molar-refractivity contribution in [3.05, 3.63) is 23.3 Å². The first-order valence-electron chi connectivity index (χ1n) is 5.81. The SMILES string of the molecule is N#CC(C(N)=O)=C1C(=O)Nc2cc3c(cc21)OCCO3. The number of carbonyl (C=O) groups excluding carboxylic acids is 2. The predicted octanol–water partition coefficient (Wildman–Crippen LogP) is 0.172. The van der Waals surface area contributed by atoms with Crippen molar-refractivity contribution in [3.8, 4) is 17.6 Å². The lowest BCUT2D eigenvalue weighted by Gasteiger charge is -2.19. The summed E-state index contributed by atoms with van der Waals surface area (Å²) in [7, 11) is 0. The van der Waals surface area contributed by atoms with Crippen LogP contribution < -0.4 is 20.5 Å². The topological polar surface area (TPSA) is 114 Å². The Labute approximate surface area is 113 Å². The average molecular weight is 271 g/mol. The van der Waals surface area contributed by atoms with E-state index in [2.05, 4.69) is 5.32 Å². The standard InChI is InChI=1S/C13H9N3O4/c14-5-7(12(15)17)11-6-3-9-10(20-2-1-19-9)4-8(6)16-13(11)18/h3-4H,1-2H2,(H2,15,17)(H,16,18). The molecule has 1 aromatic carbocycles. The molecule has 0 spiro atoms. The Hall–Kier alpha value is -3.01. The summed E-state index contributed by atoms with van der Waals surface area (Å²) in [5.74, 6) is -0.516. The molecule has 100 valence electrons. The molecule has 20 heavy (non-hydrogen) atoms. The largest absolute Gasteiger partial charge is 0.486 e. The number of amides is 2. The maximum atomic E-state index is 11.9. The first-order valence-corrected chi connectivity index (χ1v) is 5.81. The zero-order valence-electron chi connectivity index (χ0n) is 10.2.